The van der Waals surface area contributed by atoms with E-state index in [9.17, 15) is 9.59 Å². The standard InChI is InChI=1S/C18H22N4O2/c1-3-4-5-9-12-22-17(23)14-15(13-10-7-6-8-11-13)19-20-16(14)21(2)18(22)24/h6-8,10-11H,3-5,9,12H2,1-2H3,(H,19,20). The molecule has 2 aromatic heterocycles. The van der Waals surface area contributed by atoms with Gasteiger partial charge in [-0.25, -0.2) is 4.79 Å². The molecule has 0 saturated heterocycles. The minimum Gasteiger partial charge on any atom is -0.279 e. The molecular formula is C18H22N4O2. The zero-order valence-corrected chi connectivity index (χ0v) is 14.1. The summed E-state index contributed by atoms with van der Waals surface area (Å²) in [6.45, 7) is 2.58. The molecule has 0 radical (unpaired) electrons. The molecule has 6 nitrogen and oxygen atoms in total. The van der Waals surface area contributed by atoms with Gasteiger partial charge in [-0.2, -0.15) is 5.10 Å². The lowest BCUT2D eigenvalue weighted by molar-refractivity contribution is 0.540. The molecule has 0 aliphatic carbocycles. The molecule has 2 heterocycles. The van der Waals surface area contributed by atoms with Crippen molar-refractivity contribution in [3.05, 3.63) is 51.2 Å². The molecule has 0 aliphatic rings. The average molecular weight is 326 g/mol. The Bertz CT molecular complexity index is 951. The first-order chi connectivity index (χ1) is 11.6. The number of aromatic nitrogens is 4. The highest BCUT2D eigenvalue weighted by atomic mass is 16.2. The molecule has 0 atom stereocenters. The molecule has 0 aliphatic heterocycles. The van der Waals surface area contributed by atoms with Gasteiger partial charge >= 0.3 is 5.69 Å². The SMILES string of the molecule is CCCCCCn1c(=O)c2c(-c3ccccc3)[nH]nc2n(C)c1=O. The van der Waals surface area contributed by atoms with Gasteiger partial charge in [0.25, 0.3) is 5.56 Å². The summed E-state index contributed by atoms with van der Waals surface area (Å²) >= 11 is 0. The van der Waals surface area contributed by atoms with Gasteiger partial charge in [-0.15, -0.1) is 0 Å². The van der Waals surface area contributed by atoms with Gasteiger partial charge in [-0.1, -0.05) is 56.5 Å². The van der Waals surface area contributed by atoms with Crippen molar-refractivity contribution in [1.29, 1.82) is 0 Å². The van der Waals surface area contributed by atoms with Crippen LogP contribution in [-0.4, -0.2) is 19.3 Å². The number of nitrogens with zero attached hydrogens (tertiary/aromatic N) is 3. The van der Waals surface area contributed by atoms with E-state index < -0.39 is 0 Å². The van der Waals surface area contributed by atoms with Crippen molar-refractivity contribution in [2.24, 2.45) is 7.05 Å². The first-order valence-corrected chi connectivity index (χ1v) is 8.38. The Morgan fingerprint density at radius 3 is 2.54 bits per heavy atom. The molecule has 1 N–H and O–H groups in total. The van der Waals surface area contributed by atoms with Crippen molar-refractivity contribution in [1.82, 2.24) is 19.3 Å². The van der Waals surface area contributed by atoms with Crippen LogP contribution in [0, 0.1) is 0 Å². The molecule has 1 aromatic carbocycles. The second-order valence-corrected chi connectivity index (χ2v) is 6.02. The maximum Gasteiger partial charge on any atom is 0.332 e. The molecule has 3 aromatic rings. The third kappa shape index (κ3) is 2.79. The first kappa shape index (κ1) is 16.2. The molecule has 0 unspecified atom stereocenters. The first-order valence-electron chi connectivity index (χ1n) is 8.38. The number of fused-ring (bicyclic) bond motifs is 1. The monoisotopic (exact) mass is 326 g/mol. The molecule has 24 heavy (non-hydrogen) atoms. The van der Waals surface area contributed by atoms with E-state index >= 15 is 0 Å². The van der Waals surface area contributed by atoms with E-state index in [1.807, 2.05) is 30.3 Å². The van der Waals surface area contributed by atoms with Crippen molar-refractivity contribution in [2.75, 3.05) is 0 Å². The van der Waals surface area contributed by atoms with Crippen LogP contribution in [0.1, 0.15) is 32.6 Å². The van der Waals surface area contributed by atoms with Gasteiger partial charge in [0.2, 0.25) is 0 Å². The lowest BCUT2D eigenvalue weighted by Gasteiger charge is -2.08. The zero-order valence-electron chi connectivity index (χ0n) is 14.1. The van der Waals surface area contributed by atoms with Crippen LogP contribution in [-0.2, 0) is 13.6 Å². The van der Waals surface area contributed by atoms with Crippen LogP contribution in [0.3, 0.4) is 0 Å². The predicted molar refractivity (Wildman–Crippen MR) is 95.2 cm³/mol. The predicted octanol–water partition coefficient (Wildman–Crippen LogP) is 2.67. The molecule has 0 fully saturated rings. The molecule has 0 bridgehead atoms. The van der Waals surface area contributed by atoms with Gasteiger partial charge in [0.15, 0.2) is 5.65 Å². The van der Waals surface area contributed by atoms with Gasteiger partial charge in [0, 0.05) is 19.2 Å². The zero-order chi connectivity index (χ0) is 17.1. The van der Waals surface area contributed by atoms with Gasteiger partial charge in [0.1, 0.15) is 5.39 Å². The smallest absolute Gasteiger partial charge is 0.279 e. The number of aromatic amines is 1. The lowest BCUT2D eigenvalue weighted by atomic mass is 10.1. The number of nitrogens with one attached hydrogen (secondary N) is 1. The fourth-order valence-electron chi connectivity index (χ4n) is 2.98. The summed E-state index contributed by atoms with van der Waals surface area (Å²) < 4.78 is 2.78. The Labute approximate surface area is 139 Å². The van der Waals surface area contributed by atoms with Gasteiger partial charge < -0.3 is 0 Å². The molecule has 6 heteroatoms. The van der Waals surface area contributed by atoms with Crippen LogP contribution in [0.25, 0.3) is 22.3 Å². The van der Waals surface area contributed by atoms with Gasteiger partial charge in [0.05, 0.1) is 5.69 Å². The molecule has 126 valence electrons. The Kier molecular flexibility index (Phi) is 4.64. The van der Waals surface area contributed by atoms with Crippen molar-refractivity contribution in [3.8, 4) is 11.3 Å². The van der Waals surface area contributed by atoms with Crippen LogP contribution in [0.2, 0.25) is 0 Å². The van der Waals surface area contributed by atoms with E-state index in [4.69, 9.17) is 0 Å². The van der Waals surface area contributed by atoms with Crippen LogP contribution < -0.4 is 11.2 Å². The van der Waals surface area contributed by atoms with Crippen LogP contribution >= 0.6 is 0 Å². The van der Waals surface area contributed by atoms with E-state index in [0.717, 1.165) is 31.2 Å². The van der Waals surface area contributed by atoms with E-state index in [-0.39, 0.29) is 11.2 Å². The van der Waals surface area contributed by atoms with Crippen molar-refractivity contribution < 1.29 is 0 Å². The molecular weight excluding hydrogens is 304 g/mol. The van der Waals surface area contributed by atoms with E-state index in [2.05, 4.69) is 17.1 Å². The normalized spacial score (nSPS) is 11.2. The van der Waals surface area contributed by atoms with E-state index in [1.54, 1.807) is 7.05 Å². The van der Waals surface area contributed by atoms with Crippen LogP contribution in [0.4, 0.5) is 0 Å². The summed E-state index contributed by atoms with van der Waals surface area (Å²) in [5.74, 6) is 0. The minimum absolute atomic E-state index is 0.266. The summed E-state index contributed by atoms with van der Waals surface area (Å²) in [7, 11) is 1.66. The highest BCUT2D eigenvalue weighted by molar-refractivity contribution is 5.90. The number of hydrogen-bond acceptors (Lipinski definition) is 3. The second kappa shape index (κ2) is 6.86. The highest BCUT2D eigenvalue weighted by Gasteiger charge is 2.18. The summed E-state index contributed by atoms with van der Waals surface area (Å²) in [5.41, 5.74) is 1.36. The fourth-order valence-corrected chi connectivity index (χ4v) is 2.98. The summed E-state index contributed by atoms with van der Waals surface area (Å²) in [6, 6.07) is 9.58. The number of unbranched alkanes of at least 4 members (excludes halogenated alkanes) is 3. The van der Waals surface area contributed by atoms with Gasteiger partial charge in [-0.05, 0) is 6.42 Å². The second-order valence-electron chi connectivity index (χ2n) is 6.02. The molecule has 0 spiro atoms. The Morgan fingerprint density at radius 1 is 1.08 bits per heavy atom. The Balaban J connectivity index is 2.13. The average Bonchev–Trinajstić information content (AvgIpc) is 3.05. The summed E-state index contributed by atoms with van der Waals surface area (Å²) in [4.78, 5) is 25.4. The van der Waals surface area contributed by atoms with Crippen molar-refractivity contribution in [2.45, 2.75) is 39.2 Å². The minimum atomic E-state index is -0.310. The topological polar surface area (TPSA) is 72.7 Å². The third-order valence-corrected chi connectivity index (χ3v) is 4.34. The quantitative estimate of drug-likeness (QED) is 0.708. The van der Waals surface area contributed by atoms with Crippen LogP contribution in [0.15, 0.2) is 39.9 Å². The molecule has 0 amide bonds. The van der Waals surface area contributed by atoms with E-state index in [0.29, 0.717) is 23.3 Å². The van der Waals surface area contributed by atoms with Gasteiger partial charge in [-0.3, -0.25) is 19.0 Å². The largest absolute Gasteiger partial charge is 0.332 e. The summed E-state index contributed by atoms with van der Waals surface area (Å²) in [5, 5.41) is 7.58. The lowest BCUT2D eigenvalue weighted by Crippen LogP contribution is -2.39. The highest BCUT2D eigenvalue weighted by Crippen LogP contribution is 2.22. The maximum atomic E-state index is 12.9. The number of hydrogen-bond donors (Lipinski definition) is 1. The number of rotatable bonds is 6. The summed E-state index contributed by atoms with van der Waals surface area (Å²) in [6.07, 6.45) is 4.07. The maximum absolute atomic E-state index is 12.9. The third-order valence-electron chi connectivity index (χ3n) is 4.34. The van der Waals surface area contributed by atoms with E-state index in [1.165, 1.54) is 9.13 Å². The Hall–Kier alpha value is -2.63. The van der Waals surface area contributed by atoms with Crippen LogP contribution in [0.5, 0.6) is 0 Å². The Morgan fingerprint density at radius 2 is 1.83 bits per heavy atom. The van der Waals surface area contributed by atoms with Crippen molar-refractivity contribution in [3.63, 3.8) is 0 Å². The number of benzene rings is 1. The number of H-pyrrole nitrogens is 1. The fraction of sp³-hybridized carbons (Fsp3) is 0.389. The molecule has 0 saturated carbocycles. The molecule has 3 rings (SSSR count). The van der Waals surface area contributed by atoms with Crippen molar-refractivity contribution >= 4 is 11.0 Å². The number of aryl methyl sites for hydroxylation is 1.